The van der Waals surface area contributed by atoms with Gasteiger partial charge in [0.05, 0.1) is 0 Å². The fourth-order valence-electron chi connectivity index (χ4n) is 1.52. The third-order valence-corrected chi connectivity index (χ3v) is 2.17. The third-order valence-electron chi connectivity index (χ3n) is 2.17. The lowest BCUT2D eigenvalue weighted by Crippen LogP contribution is -1.83. The summed E-state index contributed by atoms with van der Waals surface area (Å²) in [4.78, 5) is 0. The molecule has 0 radical (unpaired) electrons. The Hall–Kier alpha value is -1.57. The van der Waals surface area contributed by atoms with Crippen LogP contribution in [0.3, 0.4) is 0 Å². The van der Waals surface area contributed by atoms with E-state index in [0.29, 0.717) is 10.8 Å². The topological polar surface area (TPSA) is 20.2 Å². The molecule has 1 N–H and O–H groups in total. The third kappa shape index (κ3) is 1.15. The van der Waals surface area contributed by atoms with E-state index in [-0.39, 0.29) is 11.6 Å². The quantitative estimate of drug-likeness (QED) is 0.654. The highest BCUT2D eigenvalue weighted by atomic mass is 19.1. The molecule has 2 aromatic rings. The van der Waals surface area contributed by atoms with Gasteiger partial charge in [-0.1, -0.05) is 18.2 Å². The fourth-order valence-corrected chi connectivity index (χ4v) is 1.52. The average molecular weight is 176 g/mol. The van der Waals surface area contributed by atoms with Crippen molar-refractivity contribution in [1.29, 1.82) is 0 Å². The second-order valence-corrected chi connectivity index (χ2v) is 3.06. The molecule has 0 fully saturated rings. The van der Waals surface area contributed by atoms with E-state index in [1.165, 1.54) is 6.07 Å². The lowest BCUT2D eigenvalue weighted by atomic mass is 10.0. The molecule has 13 heavy (non-hydrogen) atoms. The number of halogens is 1. The molecular formula is C11H9FO. The van der Waals surface area contributed by atoms with Crippen molar-refractivity contribution in [2.24, 2.45) is 0 Å². The Kier molecular flexibility index (Phi) is 1.69. The number of benzene rings is 2. The van der Waals surface area contributed by atoms with Crippen LogP contribution in [0.5, 0.6) is 5.75 Å². The van der Waals surface area contributed by atoms with Crippen LogP contribution in [0.1, 0.15) is 5.56 Å². The maximum Gasteiger partial charge on any atom is 0.131 e. The van der Waals surface area contributed by atoms with Crippen LogP contribution >= 0.6 is 0 Å². The van der Waals surface area contributed by atoms with Gasteiger partial charge in [-0.15, -0.1) is 0 Å². The van der Waals surface area contributed by atoms with Gasteiger partial charge in [-0.2, -0.15) is 0 Å². The first-order chi connectivity index (χ1) is 6.20. The zero-order valence-electron chi connectivity index (χ0n) is 7.21. The molecule has 66 valence electrons. The van der Waals surface area contributed by atoms with Crippen LogP contribution in [0.15, 0.2) is 30.3 Å². The maximum absolute atomic E-state index is 13.2. The Labute approximate surface area is 75.4 Å². The average Bonchev–Trinajstić information content (AvgIpc) is 2.12. The number of hydrogen-bond donors (Lipinski definition) is 1. The van der Waals surface area contributed by atoms with Gasteiger partial charge in [-0.05, 0) is 24.6 Å². The molecule has 0 atom stereocenters. The van der Waals surface area contributed by atoms with Crippen LogP contribution in [0.2, 0.25) is 0 Å². The van der Waals surface area contributed by atoms with Crippen molar-refractivity contribution in [2.75, 3.05) is 0 Å². The first-order valence-corrected chi connectivity index (χ1v) is 4.07. The van der Waals surface area contributed by atoms with Crippen molar-refractivity contribution < 1.29 is 9.50 Å². The van der Waals surface area contributed by atoms with Crippen molar-refractivity contribution in [3.8, 4) is 5.75 Å². The van der Waals surface area contributed by atoms with Gasteiger partial charge in [0.2, 0.25) is 0 Å². The van der Waals surface area contributed by atoms with Gasteiger partial charge >= 0.3 is 0 Å². The van der Waals surface area contributed by atoms with Crippen LogP contribution < -0.4 is 0 Å². The number of phenols is 1. The molecule has 2 aromatic carbocycles. The normalized spacial score (nSPS) is 10.6. The smallest absolute Gasteiger partial charge is 0.131 e. The highest BCUT2D eigenvalue weighted by molar-refractivity contribution is 5.91. The van der Waals surface area contributed by atoms with E-state index in [4.69, 9.17) is 0 Å². The highest BCUT2D eigenvalue weighted by Gasteiger charge is 2.05. The molecular weight excluding hydrogens is 167 g/mol. The van der Waals surface area contributed by atoms with Gasteiger partial charge in [-0.3, -0.25) is 0 Å². The number of phenolic OH excluding ortho intramolecular Hbond substituents is 1. The van der Waals surface area contributed by atoms with E-state index in [0.717, 1.165) is 5.56 Å². The Balaban J connectivity index is 3.00. The zero-order chi connectivity index (χ0) is 9.42. The number of aromatic hydroxyl groups is 1. The van der Waals surface area contributed by atoms with Gasteiger partial charge in [0.1, 0.15) is 11.6 Å². The molecule has 0 bridgehead atoms. The van der Waals surface area contributed by atoms with Crippen LogP contribution in [-0.4, -0.2) is 5.11 Å². The van der Waals surface area contributed by atoms with Crippen molar-refractivity contribution in [2.45, 2.75) is 6.92 Å². The Morgan fingerprint density at radius 2 is 1.92 bits per heavy atom. The van der Waals surface area contributed by atoms with Gasteiger partial charge < -0.3 is 5.11 Å². The minimum absolute atomic E-state index is 0.134. The summed E-state index contributed by atoms with van der Waals surface area (Å²) in [6.07, 6.45) is 0. The number of hydrogen-bond acceptors (Lipinski definition) is 1. The second-order valence-electron chi connectivity index (χ2n) is 3.06. The maximum atomic E-state index is 13.2. The molecule has 0 aliphatic carbocycles. The van der Waals surface area contributed by atoms with E-state index in [9.17, 15) is 9.50 Å². The van der Waals surface area contributed by atoms with Gasteiger partial charge in [0.15, 0.2) is 0 Å². The standard InChI is InChI=1S/C11H9FO/c1-7-5-6-9(12)8-3-2-4-10(13)11(7)8/h2-6,13H,1H3. The Morgan fingerprint density at radius 3 is 2.62 bits per heavy atom. The van der Waals surface area contributed by atoms with Gasteiger partial charge in [0.25, 0.3) is 0 Å². The van der Waals surface area contributed by atoms with Crippen LogP contribution in [-0.2, 0) is 0 Å². The van der Waals surface area contributed by atoms with Crippen LogP contribution in [0, 0.1) is 12.7 Å². The van der Waals surface area contributed by atoms with Crippen molar-refractivity contribution in [3.05, 3.63) is 41.7 Å². The largest absolute Gasteiger partial charge is 0.507 e. The predicted octanol–water partition coefficient (Wildman–Crippen LogP) is 2.99. The molecule has 0 aliphatic rings. The van der Waals surface area contributed by atoms with Gasteiger partial charge in [-0.25, -0.2) is 4.39 Å². The molecule has 0 saturated carbocycles. The summed E-state index contributed by atoms with van der Waals surface area (Å²) < 4.78 is 13.2. The minimum Gasteiger partial charge on any atom is -0.507 e. The van der Waals surface area contributed by atoms with Crippen molar-refractivity contribution in [3.63, 3.8) is 0 Å². The molecule has 0 saturated heterocycles. The summed E-state index contributed by atoms with van der Waals surface area (Å²) in [5.74, 6) is -0.161. The summed E-state index contributed by atoms with van der Waals surface area (Å²) in [6, 6.07) is 7.95. The highest BCUT2D eigenvalue weighted by Crippen LogP contribution is 2.28. The summed E-state index contributed by atoms with van der Waals surface area (Å²) >= 11 is 0. The van der Waals surface area contributed by atoms with Crippen molar-refractivity contribution in [1.82, 2.24) is 0 Å². The number of aryl methyl sites for hydroxylation is 1. The SMILES string of the molecule is Cc1ccc(F)c2cccc(O)c12. The van der Waals surface area contributed by atoms with E-state index < -0.39 is 0 Å². The monoisotopic (exact) mass is 176 g/mol. The van der Waals surface area contributed by atoms with Crippen molar-refractivity contribution >= 4 is 10.8 Å². The molecule has 0 amide bonds. The van der Waals surface area contributed by atoms with Crippen LogP contribution in [0.4, 0.5) is 4.39 Å². The van der Waals surface area contributed by atoms with Gasteiger partial charge in [0, 0.05) is 10.8 Å². The lowest BCUT2D eigenvalue weighted by molar-refractivity contribution is 0.481. The first kappa shape index (κ1) is 8.05. The Morgan fingerprint density at radius 1 is 1.15 bits per heavy atom. The molecule has 0 spiro atoms. The summed E-state index contributed by atoms with van der Waals surface area (Å²) in [7, 11) is 0. The molecule has 2 heteroatoms. The zero-order valence-corrected chi connectivity index (χ0v) is 7.21. The first-order valence-electron chi connectivity index (χ1n) is 4.07. The van der Waals surface area contributed by atoms with E-state index in [1.807, 2.05) is 6.92 Å². The predicted molar refractivity (Wildman–Crippen MR) is 50.3 cm³/mol. The molecule has 1 nitrogen and oxygen atoms in total. The number of fused-ring (bicyclic) bond motifs is 1. The van der Waals surface area contributed by atoms with E-state index in [2.05, 4.69) is 0 Å². The summed E-state index contributed by atoms with van der Waals surface area (Å²) in [6.45, 7) is 1.85. The van der Waals surface area contributed by atoms with Crippen LogP contribution in [0.25, 0.3) is 10.8 Å². The fraction of sp³-hybridized carbons (Fsp3) is 0.0909. The molecule has 0 aliphatic heterocycles. The Bertz CT molecular complexity index is 455. The summed E-state index contributed by atoms with van der Waals surface area (Å²) in [5, 5.41) is 10.6. The summed E-state index contributed by atoms with van der Waals surface area (Å²) in [5.41, 5.74) is 0.884. The van der Waals surface area contributed by atoms with E-state index in [1.54, 1.807) is 24.3 Å². The molecule has 0 heterocycles. The second kappa shape index (κ2) is 2.73. The molecule has 0 unspecified atom stereocenters. The lowest BCUT2D eigenvalue weighted by Gasteiger charge is -2.04. The van der Waals surface area contributed by atoms with E-state index >= 15 is 0 Å². The molecule has 2 rings (SSSR count). The number of rotatable bonds is 0. The molecule has 0 aromatic heterocycles. The minimum atomic E-state index is -0.295.